The van der Waals surface area contributed by atoms with Crippen molar-refractivity contribution in [1.82, 2.24) is 10.2 Å². The zero-order valence-electron chi connectivity index (χ0n) is 13.5. The lowest BCUT2D eigenvalue weighted by atomic mass is 9.90. The maximum absolute atomic E-state index is 13.4. The molecule has 0 aromatic heterocycles. The van der Waals surface area contributed by atoms with Gasteiger partial charge in [0.15, 0.2) is 0 Å². The number of rotatable bonds is 2. The molecule has 24 heavy (non-hydrogen) atoms. The quantitative estimate of drug-likeness (QED) is 0.870. The van der Waals surface area contributed by atoms with Gasteiger partial charge in [-0.1, -0.05) is 6.07 Å². The summed E-state index contributed by atoms with van der Waals surface area (Å²) in [6.07, 6.45) is 1.87. The number of halogens is 1. The van der Waals surface area contributed by atoms with Crippen LogP contribution in [0.3, 0.4) is 0 Å². The number of carbonyl (C=O) groups is 2. The fourth-order valence-electron chi connectivity index (χ4n) is 3.25. The van der Waals surface area contributed by atoms with Crippen molar-refractivity contribution in [2.45, 2.75) is 32.2 Å². The number of nitrogens with one attached hydrogen (secondary N) is 1. The zero-order chi connectivity index (χ0) is 17.3. The second-order valence-corrected chi connectivity index (χ2v) is 6.71. The highest BCUT2D eigenvalue weighted by Crippen LogP contribution is 2.34. The summed E-state index contributed by atoms with van der Waals surface area (Å²) in [6, 6.07) is 3.75. The van der Waals surface area contributed by atoms with E-state index in [1.807, 2.05) is 0 Å². The third-order valence-electron chi connectivity index (χ3n) is 4.82. The monoisotopic (exact) mass is 336 g/mol. The molecule has 0 bridgehead atoms. The molecule has 2 aliphatic heterocycles. The molecule has 2 unspecified atom stereocenters. The molecule has 2 N–H and O–H groups in total. The Hall–Kier alpha value is -2.31. The molecule has 2 heterocycles. The van der Waals surface area contributed by atoms with Crippen molar-refractivity contribution < 1.29 is 23.8 Å². The number of hydrogen-bond donors (Lipinski definition) is 2. The van der Waals surface area contributed by atoms with Gasteiger partial charge in [0, 0.05) is 24.7 Å². The van der Waals surface area contributed by atoms with Crippen molar-refractivity contribution in [3.05, 3.63) is 29.6 Å². The van der Waals surface area contributed by atoms with E-state index >= 15 is 0 Å². The smallest absolute Gasteiger partial charge is 0.317 e. The molecular formula is C17H21FN2O4. The Bertz CT molecular complexity index is 666. The lowest BCUT2D eigenvalue weighted by Crippen LogP contribution is -2.42. The first-order valence-electron chi connectivity index (χ1n) is 8.10. The lowest BCUT2D eigenvalue weighted by molar-refractivity contribution is -0.147. The Labute approximate surface area is 139 Å². The number of hydrogen-bond acceptors (Lipinski definition) is 3. The summed E-state index contributed by atoms with van der Waals surface area (Å²) in [6.45, 7) is 2.73. The van der Waals surface area contributed by atoms with Gasteiger partial charge in [0.2, 0.25) is 0 Å². The highest BCUT2D eigenvalue weighted by molar-refractivity contribution is 5.79. The standard InChI is InChI=1S/C17H21FN2O4/c1-17(15(21)22)6-7-20(10-17)16(23)19-13-3-2-8-24-14-9-11(18)4-5-12(13)14/h4-5,9,13H,2-3,6-8,10H2,1H3,(H,19,23)(H,21,22). The second-order valence-electron chi connectivity index (χ2n) is 6.71. The molecule has 0 aliphatic carbocycles. The Balaban J connectivity index is 1.72. The topological polar surface area (TPSA) is 78.9 Å². The van der Waals surface area contributed by atoms with Crippen molar-refractivity contribution in [2.75, 3.05) is 19.7 Å². The number of carboxylic acids is 1. The van der Waals surface area contributed by atoms with E-state index in [0.717, 1.165) is 12.0 Å². The Morgan fingerprint density at radius 2 is 2.25 bits per heavy atom. The second kappa shape index (κ2) is 6.30. The van der Waals surface area contributed by atoms with Crippen molar-refractivity contribution in [2.24, 2.45) is 5.41 Å². The average molecular weight is 336 g/mol. The summed E-state index contributed by atoms with van der Waals surface area (Å²) < 4.78 is 18.9. The van der Waals surface area contributed by atoms with Crippen molar-refractivity contribution in [1.29, 1.82) is 0 Å². The van der Waals surface area contributed by atoms with E-state index in [4.69, 9.17) is 4.74 Å². The summed E-state index contributed by atoms with van der Waals surface area (Å²) in [5.74, 6) is -0.812. The number of nitrogens with zero attached hydrogens (tertiary/aromatic N) is 1. The van der Waals surface area contributed by atoms with Crippen LogP contribution in [-0.4, -0.2) is 41.7 Å². The van der Waals surface area contributed by atoms with Gasteiger partial charge < -0.3 is 20.1 Å². The van der Waals surface area contributed by atoms with Crippen molar-refractivity contribution >= 4 is 12.0 Å². The van der Waals surface area contributed by atoms with E-state index in [1.54, 1.807) is 13.0 Å². The third-order valence-corrected chi connectivity index (χ3v) is 4.82. The summed E-state index contributed by atoms with van der Waals surface area (Å²) in [4.78, 5) is 25.4. The minimum absolute atomic E-state index is 0.188. The van der Waals surface area contributed by atoms with E-state index < -0.39 is 11.4 Å². The maximum Gasteiger partial charge on any atom is 0.317 e. The predicted octanol–water partition coefficient (Wildman–Crippen LogP) is 2.55. The number of ether oxygens (including phenoxy) is 1. The van der Waals surface area contributed by atoms with Crippen LogP contribution in [-0.2, 0) is 4.79 Å². The van der Waals surface area contributed by atoms with Gasteiger partial charge in [0.05, 0.1) is 18.1 Å². The molecule has 7 heteroatoms. The molecule has 130 valence electrons. The van der Waals surface area contributed by atoms with Gasteiger partial charge in [-0.2, -0.15) is 0 Å². The van der Waals surface area contributed by atoms with Crippen LogP contribution in [0.5, 0.6) is 5.75 Å². The minimum atomic E-state index is -0.898. The molecule has 2 aliphatic rings. The van der Waals surface area contributed by atoms with Crippen LogP contribution in [0.2, 0.25) is 0 Å². The van der Waals surface area contributed by atoms with Gasteiger partial charge in [0.1, 0.15) is 11.6 Å². The van der Waals surface area contributed by atoms with E-state index in [1.165, 1.54) is 17.0 Å². The summed E-state index contributed by atoms with van der Waals surface area (Å²) in [5.41, 5.74) is -0.146. The van der Waals surface area contributed by atoms with Crippen LogP contribution in [0, 0.1) is 11.2 Å². The Morgan fingerprint density at radius 3 is 2.96 bits per heavy atom. The Kier molecular flexibility index (Phi) is 4.34. The molecule has 1 fully saturated rings. The van der Waals surface area contributed by atoms with Crippen molar-refractivity contribution in [3.63, 3.8) is 0 Å². The van der Waals surface area contributed by atoms with Crippen molar-refractivity contribution in [3.8, 4) is 5.75 Å². The minimum Gasteiger partial charge on any atom is -0.493 e. The first-order valence-corrected chi connectivity index (χ1v) is 8.10. The van der Waals surface area contributed by atoms with E-state index in [-0.39, 0.29) is 24.4 Å². The predicted molar refractivity (Wildman–Crippen MR) is 84.3 cm³/mol. The van der Waals surface area contributed by atoms with Crippen LogP contribution in [0.15, 0.2) is 18.2 Å². The normalized spacial score (nSPS) is 26.2. The van der Waals surface area contributed by atoms with E-state index in [0.29, 0.717) is 31.7 Å². The number of likely N-dealkylation sites (tertiary alicyclic amines) is 1. The van der Waals surface area contributed by atoms with Gasteiger partial charge in [-0.25, -0.2) is 9.18 Å². The van der Waals surface area contributed by atoms with Crippen LogP contribution < -0.4 is 10.1 Å². The molecule has 2 atom stereocenters. The molecule has 0 radical (unpaired) electrons. The first kappa shape index (κ1) is 16.5. The molecule has 6 nitrogen and oxygen atoms in total. The number of carbonyl (C=O) groups excluding carboxylic acids is 1. The molecule has 0 spiro atoms. The van der Waals surface area contributed by atoms with Crippen LogP contribution in [0.4, 0.5) is 9.18 Å². The van der Waals surface area contributed by atoms with Gasteiger partial charge in [-0.15, -0.1) is 0 Å². The van der Waals surface area contributed by atoms with Gasteiger partial charge in [-0.05, 0) is 32.3 Å². The van der Waals surface area contributed by atoms with E-state index in [2.05, 4.69) is 5.32 Å². The molecule has 3 rings (SSSR count). The molecule has 1 saturated heterocycles. The maximum atomic E-state index is 13.4. The van der Waals surface area contributed by atoms with Gasteiger partial charge in [0.25, 0.3) is 0 Å². The van der Waals surface area contributed by atoms with Gasteiger partial charge >= 0.3 is 12.0 Å². The van der Waals surface area contributed by atoms with Gasteiger partial charge in [-0.3, -0.25) is 4.79 Å². The number of carboxylic acid groups (broad SMARTS) is 1. The highest BCUT2D eigenvalue weighted by Gasteiger charge is 2.42. The largest absolute Gasteiger partial charge is 0.493 e. The summed E-state index contributed by atoms with van der Waals surface area (Å²) in [5, 5.41) is 12.2. The SMILES string of the molecule is CC1(C(=O)O)CCN(C(=O)NC2CCCOc3cc(F)ccc32)C1. The molecular weight excluding hydrogens is 315 g/mol. The Morgan fingerprint density at radius 1 is 1.46 bits per heavy atom. The zero-order valence-corrected chi connectivity index (χ0v) is 13.5. The number of aliphatic carboxylic acids is 1. The van der Waals surface area contributed by atoms with Crippen LogP contribution in [0.1, 0.15) is 37.8 Å². The average Bonchev–Trinajstić information content (AvgIpc) is 2.84. The summed E-state index contributed by atoms with van der Waals surface area (Å²) in [7, 11) is 0. The third kappa shape index (κ3) is 3.16. The first-order chi connectivity index (χ1) is 11.4. The van der Waals surface area contributed by atoms with Crippen LogP contribution in [0.25, 0.3) is 0 Å². The molecule has 2 amide bonds. The van der Waals surface area contributed by atoms with Crippen LogP contribution >= 0.6 is 0 Å². The fourth-order valence-corrected chi connectivity index (χ4v) is 3.25. The number of amides is 2. The van der Waals surface area contributed by atoms with E-state index in [9.17, 15) is 19.1 Å². The fraction of sp³-hybridized carbons (Fsp3) is 0.529. The lowest BCUT2D eigenvalue weighted by Gasteiger charge is -2.24. The number of urea groups is 1. The molecule has 0 saturated carbocycles. The molecule has 1 aromatic carbocycles. The molecule has 1 aromatic rings. The highest BCUT2D eigenvalue weighted by atomic mass is 19.1. The number of benzene rings is 1. The number of fused-ring (bicyclic) bond motifs is 1. The summed E-state index contributed by atoms with van der Waals surface area (Å²) >= 11 is 0.